The minimum Gasteiger partial charge on any atom is -0.482 e. The molecule has 1 aromatic heterocycles. The lowest BCUT2D eigenvalue weighted by Gasteiger charge is -2.20. The molecule has 0 bridgehead atoms. The fourth-order valence-corrected chi connectivity index (χ4v) is 3.17. The smallest absolute Gasteiger partial charge is 0.341 e. The number of hydrogen-bond acceptors (Lipinski definition) is 5. The maximum atomic E-state index is 14.5. The summed E-state index contributed by atoms with van der Waals surface area (Å²) in [6.45, 7) is 5.89. The molecule has 32 heavy (non-hydrogen) atoms. The number of carbonyl (C=O) groups is 1. The number of hydrogen-bond donors (Lipinski definition) is 1. The van der Waals surface area contributed by atoms with Crippen molar-refractivity contribution in [3.63, 3.8) is 0 Å². The first-order valence-electron chi connectivity index (χ1n) is 10.3. The van der Waals surface area contributed by atoms with E-state index in [1.165, 1.54) is 6.07 Å². The van der Waals surface area contributed by atoms with Crippen LogP contribution in [-0.2, 0) is 9.53 Å². The molecule has 0 aliphatic heterocycles. The standard InChI is InChI=1S/C25H26FNO5/c1-4-30-14-24(32-18-9-11-23(17(3)13-18)31-15-25(28)29)22-7-5-6-21(27-22)19-10-8-16(2)12-20(19)26/h5-13,24H,4,14-15H2,1-3H3,(H,28,29)/t24-/m0/s1. The second-order valence-corrected chi connectivity index (χ2v) is 7.31. The van der Waals surface area contributed by atoms with Crippen LogP contribution < -0.4 is 9.47 Å². The number of aryl methyl sites for hydroxylation is 2. The molecule has 0 unspecified atom stereocenters. The highest BCUT2D eigenvalue weighted by atomic mass is 19.1. The summed E-state index contributed by atoms with van der Waals surface area (Å²) in [6.07, 6.45) is -0.520. The predicted octanol–water partition coefficient (Wildman–Crippen LogP) is 5.12. The zero-order valence-electron chi connectivity index (χ0n) is 18.3. The molecule has 7 heteroatoms. The Bertz CT molecular complexity index is 1090. The summed E-state index contributed by atoms with van der Waals surface area (Å²) < 4.78 is 31.5. The molecule has 3 rings (SSSR count). The fourth-order valence-electron chi connectivity index (χ4n) is 3.17. The minimum absolute atomic E-state index is 0.264. The SMILES string of the molecule is CCOC[C@H](Oc1ccc(OCC(=O)O)c(C)c1)c1cccc(-c2ccc(C)cc2F)n1. The van der Waals surface area contributed by atoms with E-state index in [0.717, 1.165) is 11.1 Å². The van der Waals surface area contributed by atoms with Gasteiger partial charge in [0.15, 0.2) is 12.7 Å². The first kappa shape index (κ1) is 23.2. The highest BCUT2D eigenvalue weighted by Gasteiger charge is 2.18. The van der Waals surface area contributed by atoms with Gasteiger partial charge in [0.05, 0.1) is 18.0 Å². The fraction of sp³-hybridized carbons (Fsp3) is 0.280. The Labute approximate surface area is 186 Å². The van der Waals surface area contributed by atoms with Crippen molar-refractivity contribution in [1.82, 2.24) is 4.98 Å². The Morgan fingerprint density at radius 1 is 1.12 bits per heavy atom. The van der Waals surface area contributed by atoms with Crippen LogP contribution in [0, 0.1) is 19.7 Å². The molecule has 0 amide bonds. The van der Waals surface area contributed by atoms with E-state index in [2.05, 4.69) is 4.98 Å². The van der Waals surface area contributed by atoms with Crippen molar-refractivity contribution in [3.05, 3.63) is 77.2 Å². The number of rotatable bonds is 10. The third-order valence-electron chi connectivity index (χ3n) is 4.75. The van der Waals surface area contributed by atoms with Crippen LogP contribution in [0.15, 0.2) is 54.6 Å². The van der Waals surface area contributed by atoms with Crippen molar-refractivity contribution in [2.45, 2.75) is 26.9 Å². The van der Waals surface area contributed by atoms with E-state index in [1.807, 2.05) is 32.0 Å². The van der Waals surface area contributed by atoms with Crippen LogP contribution in [0.1, 0.15) is 29.8 Å². The van der Waals surface area contributed by atoms with Crippen molar-refractivity contribution in [3.8, 4) is 22.8 Å². The number of halogens is 1. The maximum Gasteiger partial charge on any atom is 0.341 e. The number of ether oxygens (including phenoxy) is 3. The zero-order chi connectivity index (χ0) is 23.1. The van der Waals surface area contributed by atoms with Gasteiger partial charge in [-0.1, -0.05) is 12.1 Å². The van der Waals surface area contributed by atoms with E-state index < -0.39 is 18.7 Å². The Morgan fingerprint density at radius 2 is 1.94 bits per heavy atom. The molecule has 0 spiro atoms. The number of carboxylic acids is 1. The van der Waals surface area contributed by atoms with Crippen molar-refractivity contribution in [1.29, 1.82) is 0 Å². The molecule has 0 saturated heterocycles. The maximum absolute atomic E-state index is 14.5. The average molecular weight is 439 g/mol. The van der Waals surface area contributed by atoms with E-state index in [0.29, 0.717) is 35.1 Å². The summed E-state index contributed by atoms with van der Waals surface area (Å²) in [5.41, 5.74) is 3.12. The number of pyridine rings is 1. The number of aromatic nitrogens is 1. The zero-order valence-corrected chi connectivity index (χ0v) is 18.3. The predicted molar refractivity (Wildman–Crippen MR) is 119 cm³/mol. The number of aliphatic carboxylic acids is 1. The molecule has 0 aliphatic rings. The highest BCUT2D eigenvalue weighted by molar-refractivity contribution is 5.68. The monoisotopic (exact) mass is 439 g/mol. The normalized spacial score (nSPS) is 11.8. The number of nitrogens with zero attached hydrogens (tertiary/aromatic N) is 1. The topological polar surface area (TPSA) is 77.9 Å². The van der Waals surface area contributed by atoms with Gasteiger partial charge in [0.1, 0.15) is 17.3 Å². The first-order chi connectivity index (χ1) is 15.4. The molecule has 3 aromatic rings. The summed E-state index contributed by atoms with van der Waals surface area (Å²) in [4.78, 5) is 15.4. The Balaban J connectivity index is 1.85. The lowest BCUT2D eigenvalue weighted by atomic mass is 10.1. The van der Waals surface area contributed by atoms with Gasteiger partial charge in [-0.15, -0.1) is 0 Å². The number of benzene rings is 2. The van der Waals surface area contributed by atoms with Gasteiger partial charge in [-0.3, -0.25) is 0 Å². The summed E-state index contributed by atoms with van der Waals surface area (Å²) in [6, 6.07) is 15.6. The van der Waals surface area contributed by atoms with Crippen molar-refractivity contribution in [2.24, 2.45) is 0 Å². The molecule has 0 fully saturated rings. The van der Waals surface area contributed by atoms with Gasteiger partial charge in [-0.2, -0.15) is 0 Å². The summed E-state index contributed by atoms with van der Waals surface area (Å²) in [5, 5.41) is 8.79. The lowest BCUT2D eigenvalue weighted by Crippen LogP contribution is -2.16. The average Bonchev–Trinajstić information content (AvgIpc) is 2.76. The summed E-state index contributed by atoms with van der Waals surface area (Å²) in [7, 11) is 0. The van der Waals surface area contributed by atoms with Crippen molar-refractivity contribution in [2.75, 3.05) is 19.8 Å². The van der Waals surface area contributed by atoms with Gasteiger partial charge in [-0.05, 0) is 74.4 Å². The summed E-state index contributed by atoms with van der Waals surface area (Å²) in [5.74, 6) is -0.346. The van der Waals surface area contributed by atoms with Crippen LogP contribution >= 0.6 is 0 Å². The van der Waals surface area contributed by atoms with Gasteiger partial charge in [0.25, 0.3) is 0 Å². The molecule has 1 N–H and O–H groups in total. The van der Waals surface area contributed by atoms with E-state index >= 15 is 0 Å². The second-order valence-electron chi connectivity index (χ2n) is 7.31. The minimum atomic E-state index is -1.04. The number of carboxylic acid groups (broad SMARTS) is 1. The Morgan fingerprint density at radius 3 is 2.62 bits per heavy atom. The molecule has 168 valence electrons. The van der Waals surface area contributed by atoms with Crippen LogP contribution in [0.2, 0.25) is 0 Å². The van der Waals surface area contributed by atoms with Crippen molar-refractivity contribution >= 4 is 5.97 Å². The Kier molecular flexibility index (Phi) is 7.78. The molecule has 0 aliphatic carbocycles. The quantitative estimate of drug-likeness (QED) is 0.472. The Hall–Kier alpha value is -3.45. The third-order valence-corrected chi connectivity index (χ3v) is 4.75. The molecule has 1 atom stereocenters. The first-order valence-corrected chi connectivity index (χ1v) is 10.3. The van der Waals surface area contributed by atoms with Crippen LogP contribution in [0.25, 0.3) is 11.3 Å². The molecule has 2 aromatic carbocycles. The molecule has 6 nitrogen and oxygen atoms in total. The molecule has 0 saturated carbocycles. The van der Waals surface area contributed by atoms with Gasteiger partial charge in [-0.25, -0.2) is 14.2 Å². The van der Waals surface area contributed by atoms with E-state index in [4.69, 9.17) is 19.3 Å². The van der Waals surface area contributed by atoms with Gasteiger partial charge in [0, 0.05) is 12.2 Å². The van der Waals surface area contributed by atoms with E-state index in [1.54, 1.807) is 37.3 Å². The van der Waals surface area contributed by atoms with E-state index in [9.17, 15) is 9.18 Å². The van der Waals surface area contributed by atoms with Crippen molar-refractivity contribution < 1.29 is 28.5 Å². The van der Waals surface area contributed by atoms with Crippen LogP contribution in [0.5, 0.6) is 11.5 Å². The molecule has 0 radical (unpaired) electrons. The highest BCUT2D eigenvalue weighted by Crippen LogP contribution is 2.29. The van der Waals surface area contributed by atoms with Gasteiger partial charge in [0.2, 0.25) is 0 Å². The van der Waals surface area contributed by atoms with Gasteiger partial charge < -0.3 is 19.3 Å². The molecule has 1 heterocycles. The largest absolute Gasteiger partial charge is 0.482 e. The molecular formula is C25H26FNO5. The van der Waals surface area contributed by atoms with Crippen LogP contribution in [-0.4, -0.2) is 35.9 Å². The molecular weight excluding hydrogens is 413 g/mol. The van der Waals surface area contributed by atoms with Crippen LogP contribution in [0.4, 0.5) is 4.39 Å². The third kappa shape index (κ3) is 6.04. The van der Waals surface area contributed by atoms with E-state index in [-0.39, 0.29) is 12.4 Å². The van der Waals surface area contributed by atoms with Crippen LogP contribution in [0.3, 0.4) is 0 Å². The summed E-state index contributed by atoms with van der Waals surface area (Å²) >= 11 is 0. The second kappa shape index (κ2) is 10.7. The van der Waals surface area contributed by atoms with Gasteiger partial charge >= 0.3 is 5.97 Å². The lowest BCUT2D eigenvalue weighted by molar-refractivity contribution is -0.139.